The van der Waals surface area contributed by atoms with Crippen LogP contribution in [0.2, 0.25) is 0 Å². The Balaban J connectivity index is 1.58. The zero-order chi connectivity index (χ0) is 21.8. The maximum absolute atomic E-state index is 14.0. The number of hydrogen-bond donors (Lipinski definition) is 1. The lowest BCUT2D eigenvalue weighted by molar-refractivity contribution is -0.151. The molecule has 2 amide bonds. The van der Waals surface area contributed by atoms with Gasteiger partial charge in [-0.05, 0) is 48.7 Å². The van der Waals surface area contributed by atoms with Crippen LogP contribution in [0.15, 0.2) is 40.9 Å². The summed E-state index contributed by atoms with van der Waals surface area (Å²) in [5.41, 5.74) is 2.68. The Hall–Kier alpha value is -2.74. The molecular formula is C22H22BrFN2O4. The fourth-order valence-electron chi connectivity index (χ4n) is 3.47. The highest BCUT2D eigenvalue weighted by Crippen LogP contribution is 2.28. The first-order chi connectivity index (χ1) is 14.3. The Bertz CT molecular complexity index is 995. The molecule has 158 valence electrons. The first-order valence-electron chi connectivity index (χ1n) is 9.60. The molecule has 1 atom stereocenters. The molecule has 1 aliphatic rings. The van der Waals surface area contributed by atoms with Gasteiger partial charge in [0.05, 0.1) is 11.6 Å². The molecule has 1 saturated heterocycles. The van der Waals surface area contributed by atoms with Crippen LogP contribution in [0.1, 0.15) is 24.5 Å². The van der Waals surface area contributed by atoms with Gasteiger partial charge in [0, 0.05) is 23.1 Å². The summed E-state index contributed by atoms with van der Waals surface area (Å²) < 4.78 is 20.0. The second-order valence-corrected chi connectivity index (χ2v) is 8.04. The molecule has 1 unspecified atom stereocenters. The van der Waals surface area contributed by atoms with Crippen LogP contribution >= 0.6 is 15.9 Å². The molecule has 2 aromatic carbocycles. The zero-order valence-electron chi connectivity index (χ0n) is 16.7. The topological polar surface area (TPSA) is 75.7 Å². The van der Waals surface area contributed by atoms with E-state index in [9.17, 15) is 18.8 Å². The van der Waals surface area contributed by atoms with E-state index < -0.39 is 30.2 Å². The molecule has 6 nitrogen and oxygen atoms in total. The SMILES string of the molecule is CCc1cc(Br)cc(C)c1NC(=O)COC(=O)C1CC(=O)N(c2ccccc2F)C1. The molecule has 1 fully saturated rings. The summed E-state index contributed by atoms with van der Waals surface area (Å²) in [6.07, 6.45) is 0.645. The zero-order valence-corrected chi connectivity index (χ0v) is 18.3. The van der Waals surface area contributed by atoms with E-state index in [-0.39, 0.29) is 24.6 Å². The Morgan fingerprint density at radius 3 is 2.73 bits per heavy atom. The smallest absolute Gasteiger partial charge is 0.311 e. The molecule has 0 aromatic heterocycles. The molecule has 8 heteroatoms. The number of benzene rings is 2. The molecule has 1 N–H and O–H groups in total. The number of ether oxygens (including phenoxy) is 1. The second-order valence-electron chi connectivity index (χ2n) is 7.12. The summed E-state index contributed by atoms with van der Waals surface area (Å²) in [5, 5.41) is 2.79. The third kappa shape index (κ3) is 4.87. The van der Waals surface area contributed by atoms with Crippen LogP contribution in [0.25, 0.3) is 0 Å². The molecule has 3 rings (SSSR count). The van der Waals surface area contributed by atoms with Crippen molar-refractivity contribution in [1.82, 2.24) is 0 Å². The van der Waals surface area contributed by atoms with Gasteiger partial charge in [-0.3, -0.25) is 14.4 Å². The fraction of sp³-hybridized carbons (Fsp3) is 0.318. The highest BCUT2D eigenvalue weighted by molar-refractivity contribution is 9.10. The first kappa shape index (κ1) is 22.0. The van der Waals surface area contributed by atoms with Crippen LogP contribution in [0, 0.1) is 18.7 Å². The molecule has 2 aromatic rings. The molecule has 0 radical (unpaired) electrons. The van der Waals surface area contributed by atoms with Crippen molar-refractivity contribution in [1.29, 1.82) is 0 Å². The summed E-state index contributed by atoms with van der Waals surface area (Å²) in [5.74, 6) is -2.75. The summed E-state index contributed by atoms with van der Waals surface area (Å²) >= 11 is 3.44. The van der Waals surface area contributed by atoms with E-state index in [1.807, 2.05) is 26.0 Å². The van der Waals surface area contributed by atoms with Gasteiger partial charge in [-0.25, -0.2) is 4.39 Å². The van der Waals surface area contributed by atoms with E-state index in [0.29, 0.717) is 5.69 Å². The number of carbonyl (C=O) groups is 3. The van der Waals surface area contributed by atoms with Gasteiger partial charge in [0.25, 0.3) is 5.91 Å². The molecular weight excluding hydrogens is 455 g/mol. The number of nitrogens with one attached hydrogen (secondary N) is 1. The average molecular weight is 477 g/mol. The number of nitrogens with zero attached hydrogens (tertiary/aromatic N) is 1. The van der Waals surface area contributed by atoms with Crippen LogP contribution in [-0.4, -0.2) is 30.9 Å². The van der Waals surface area contributed by atoms with Crippen molar-refractivity contribution in [3.8, 4) is 0 Å². The van der Waals surface area contributed by atoms with Crippen LogP contribution < -0.4 is 10.2 Å². The number of anilines is 2. The molecule has 0 aliphatic carbocycles. The van der Waals surface area contributed by atoms with Gasteiger partial charge in [0.1, 0.15) is 5.82 Å². The fourth-order valence-corrected chi connectivity index (χ4v) is 4.09. The lowest BCUT2D eigenvalue weighted by Gasteiger charge is -2.17. The standard InChI is InChI=1S/C22H22BrFN2O4/c1-3-14-9-16(23)8-13(2)21(14)25-19(27)12-30-22(29)15-10-20(28)26(11-15)18-7-5-4-6-17(18)24/h4-9,15H,3,10-12H2,1-2H3,(H,25,27). The lowest BCUT2D eigenvalue weighted by Crippen LogP contribution is -2.28. The number of carbonyl (C=O) groups excluding carboxylic acids is 3. The number of esters is 1. The third-order valence-electron chi connectivity index (χ3n) is 4.97. The highest BCUT2D eigenvalue weighted by Gasteiger charge is 2.37. The monoisotopic (exact) mass is 476 g/mol. The van der Waals surface area contributed by atoms with Crippen molar-refractivity contribution in [3.63, 3.8) is 0 Å². The van der Waals surface area contributed by atoms with Crippen molar-refractivity contribution < 1.29 is 23.5 Å². The van der Waals surface area contributed by atoms with Crippen LogP contribution in [-0.2, 0) is 25.5 Å². The second kappa shape index (κ2) is 9.38. The summed E-state index contributed by atoms with van der Waals surface area (Å²) in [6.45, 7) is 3.43. The van der Waals surface area contributed by atoms with Gasteiger partial charge in [0.2, 0.25) is 5.91 Å². The predicted molar refractivity (Wildman–Crippen MR) is 115 cm³/mol. The Morgan fingerprint density at radius 2 is 2.03 bits per heavy atom. The number of aryl methyl sites for hydroxylation is 2. The molecule has 1 aliphatic heterocycles. The quantitative estimate of drug-likeness (QED) is 0.639. The van der Waals surface area contributed by atoms with Crippen molar-refractivity contribution in [2.75, 3.05) is 23.4 Å². The van der Waals surface area contributed by atoms with Gasteiger partial charge in [-0.2, -0.15) is 0 Å². The first-order valence-corrected chi connectivity index (χ1v) is 10.4. The maximum atomic E-state index is 14.0. The summed E-state index contributed by atoms with van der Waals surface area (Å²) in [6, 6.07) is 9.71. The molecule has 0 spiro atoms. The van der Waals surface area contributed by atoms with Crippen LogP contribution in [0.5, 0.6) is 0 Å². The van der Waals surface area contributed by atoms with E-state index in [4.69, 9.17) is 4.74 Å². The maximum Gasteiger partial charge on any atom is 0.311 e. The number of rotatable bonds is 6. The molecule has 1 heterocycles. The number of para-hydroxylation sites is 1. The van der Waals surface area contributed by atoms with E-state index in [1.54, 1.807) is 6.07 Å². The van der Waals surface area contributed by atoms with Crippen molar-refractivity contribution in [2.24, 2.45) is 5.92 Å². The van der Waals surface area contributed by atoms with E-state index in [1.165, 1.54) is 23.1 Å². The predicted octanol–water partition coefficient (Wildman–Crippen LogP) is 3.99. The van der Waals surface area contributed by atoms with E-state index in [2.05, 4.69) is 21.2 Å². The number of halogens is 2. The van der Waals surface area contributed by atoms with Crippen molar-refractivity contribution in [2.45, 2.75) is 26.7 Å². The van der Waals surface area contributed by atoms with E-state index in [0.717, 1.165) is 22.0 Å². The highest BCUT2D eigenvalue weighted by atomic mass is 79.9. The molecule has 30 heavy (non-hydrogen) atoms. The Labute approximate surface area is 182 Å². The Morgan fingerprint density at radius 1 is 1.30 bits per heavy atom. The van der Waals surface area contributed by atoms with Crippen LogP contribution in [0.4, 0.5) is 15.8 Å². The number of amides is 2. The molecule has 0 bridgehead atoms. The summed E-state index contributed by atoms with van der Waals surface area (Å²) in [7, 11) is 0. The van der Waals surface area contributed by atoms with E-state index >= 15 is 0 Å². The van der Waals surface area contributed by atoms with Gasteiger partial charge < -0.3 is 15.0 Å². The number of hydrogen-bond acceptors (Lipinski definition) is 4. The minimum absolute atomic E-state index is 0.0199. The van der Waals surface area contributed by atoms with Crippen LogP contribution in [0.3, 0.4) is 0 Å². The van der Waals surface area contributed by atoms with Gasteiger partial charge in [-0.1, -0.05) is 35.0 Å². The molecule has 0 saturated carbocycles. The largest absolute Gasteiger partial charge is 0.455 e. The lowest BCUT2D eigenvalue weighted by atomic mass is 10.1. The average Bonchev–Trinajstić information content (AvgIpc) is 3.09. The minimum atomic E-state index is -0.745. The van der Waals surface area contributed by atoms with Gasteiger partial charge in [-0.15, -0.1) is 0 Å². The summed E-state index contributed by atoms with van der Waals surface area (Å²) in [4.78, 5) is 38.1. The third-order valence-corrected chi connectivity index (χ3v) is 5.43. The van der Waals surface area contributed by atoms with Crippen molar-refractivity contribution >= 4 is 45.1 Å². The Kier molecular flexibility index (Phi) is 6.87. The minimum Gasteiger partial charge on any atom is -0.455 e. The normalized spacial score (nSPS) is 15.9. The van der Waals surface area contributed by atoms with Gasteiger partial charge in [0.15, 0.2) is 6.61 Å². The van der Waals surface area contributed by atoms with Crippen molar-refractivity contribution in [3.05, 3.63) is 57.8 Å². The van der Waals surface area contributed by atoms with Gasteiger partial charge >= 0.3 is 5.97 Å².